The Bertz CT molecular complexity index is 668. The summed E-state index contributed by atoms with van der Waals surface area (Å²) < 4.78 is 0. The van der Waals surface area contributed by atoms with Gasteiger partial charge in [-0.1, -0.05) is 45.2 Å². The van der Waals surface area contributed by atoms with Gasteiger partial charge in [-0.2, -0.15) is 5.10 Å². The normalized spacial score (nSPS) is 12.4. The van der Waals surface area contributed by atoms with E-state index in [-0.39, 0.29) is 11.5 Å². The number of unbranched alkanes of at least 4 members (excludes halogenated alkanes) is 1. The highest BCUT2D eigenvalue weighted by molar-refractivity contribution is 6.65. The highest BCUT2D eigenvalue weighted by Gasteiger charge is 2.18. The van der Waals surface area contributed by atoms with Crippen LogP contribution in [-0.2, 0) is 9.59 Å². The predicted molar refractivity (Wildman–Crippen MR) is 105 cm³/mol. The summed E-state index contributed by atoms with van der Waals surface area (Å²) in [5.41, 5.74) is 3.39. The van der Waals surface area contributed by atoms with Crippen LogP contribution in [0.15, 0.2) is 29.4 Å². The molecule has 0 bridgehead atoms. The molecule has 1 aromatic carbocycles. The zero-order valence-corrected chi connectivity index (χ0v) is 16.1. The summed E-state index contributed by atoms with van der Waals surface area (Å²) in [6.07, 6.45) is 4.25. The van der Waals surface area contributed by atoms with E-state index in [0.717, 1.165) is 25.7 Å². The zero-order valence-electron chi connectivity index (χ0n) is 16.1. The molecule has 26 heavy (non-hydrogen) atoms. The van der Waals surface area contributed by atoms with E-state index < -0.39 is 11.7 Å². The lowest BCUT2D eigenvalue weighted by atomic mass is 9.99. The monoisotopic (exact) mass is 359 g/mol. The first-order chi connectivity index (χ1) is 12.4. The van der Waals surface area contributed by atoms with E-state index >= 15 is 0 Å². The molecule has 1 aromatic rings. The van der Waals surface area contributed by atoms with Crippen LogP contribution in [0.4, 0.5) is 5.69 Å². The maximum absolute atomic E-state index is 12.3. The number of nitrogens with zero attached hydrogens (tertiary/aromatic N) is 1. The van der Waals surface area contributed by atoms with Gasteiger partial charge in [-0.15, -0.1) is 0 Å². The molecule has 1 amide bonds. The summed E-state index contributed by atoms with van der Waals surface area (Å²) in [7, 11) is 0. The van der Waals surface area contributed by atoms with E-state index in [2.05, 4.69) is 29.7 Å². The first-order valence-electron chi connectivity index (χ1n) is 9.13. The standard InChI is InChI=1S/C20H29N3O3/c1-5-7-10-16(6-2)13-21-20(26)19(15(4)25)23-22-18-12-9-8-11-17(18)14(3)24/h8-9,11-12,16,22H,5-7,10,13H2,1-4H3,(H,21,26)/b23-19-. The summed E-state index contributed by atoms with van der Waals surface area (Å²) in [5, 5.41) is 6.76. The Balaban J connectivity index is 2.82. The molecule has 1 atom stereocenters. The number of hydrazone groups is 1. The maximum atomic E-state index is 12.3. The first-order valence-corrected chi connectivity index (χ1v) is 9.13. The molecule has 142 valence electrons. The molecule has 0 aliphatic carbocycles. The molecule has 0 heterocycles. The molecule has 6 heteroatoms. The number of benzene rings is 1. The number of ketones is 2. The van der Waals surface area contributed by atoms with E-state index in [4.69, 9.17) is 0 Å². The minimum absolute atomic E-state index is 0.126. The Morgan fingerprint density at radius 3 is 2.38 bits per heavy atom. The van der Waals surface area contributed by atoms with E-state index in [1.807, 2.05) is 0 Å². The van der Waals surface area contributed by atoms with Crippen LogP contribution in [0.3, 0.4) is 0 Å². The molecular weight excluding hydrogens is 330 g/mol. The van der Waals surface area contributed by atoms with Gasteiger partial charge in [0.05, 0.1) is 5.69 Å². The van der Waals surface area contributed by atoms with Crippen LogP contribution >= 0.6 is 0 Å². The second-order valence-corrected chi connectivity index (χ2v) is 6.36. The van der Waals surface area contributed by atoms with Gasteiger partial charge in [0.1, 0.15) is 0 Å². The highest BCUT2D eigenvalue weighted by atomic mass is 16.2. The number of carbonyl (C=O) groups is 3. The molecule has 0 spiro atoms. The van der Waals surface area contributed by atoms with Crippen LogP contribution in [0.5, 0.6) is 0 Å². The first kappa shape index (κ1) is 21.5. The van der Waals surface area contributed by atoms with Crippen LogP contribution in [0.1, 0.15) is 63.7 Å². The highest BCUT2D eigenvalue weighted by Crippen LogP contribution is 2.15. The van der Waals surface area contributed by atoms with Gasteiger partial charge in [0, 0.05) is 19.0 Å². The number of nitrogens with one attached hydrogen (secondary N) is 2. The van der Waals surface area contributed by atoms with Crippen molar-refractivity contribution in [1.29, 1.82) is 0 Å². The lowest BCUT2D eigenvalue weighted by molar-refractivity contribution is -0.117. The van der Waals surface area contributed by atoms with Gasteiger partial charge in [-0.05, 0) is 31.4 Å². The van der Waals surface area contributed by atoms with Gasteiger partial charge in [0.15, 0.2) is 17.3 Å². The third kappa shape index (κ3) is 6.78. The summed E-state index contributed by atoms with van der Waals surface area (Å²) in [6.45, 7) is 7.49. The van der Waals surface area contributed by atoms with Crippen molar-refractivity contribution in [3.8, 4) is 0 Å². The lowest BCUT2D eigenvalue weighted by Gasteiger charge is -2.15. The Labute approximate surface area is 155 Å². The Hall–Kier alpha value is -2.50. The molecular formula is C20H29N3O3. The number of hydrogen-bond acceptors (Lipinski definition) is 5. The Kier molecular flexibility index (Phi) is 9.26. The summed E-state index contributed by atoms with van der Waals surface area (Å²) in [5.74, 6) is -0.672. The molecule has 1 rings (SSSR count). The topological polar surface area (TPSA) is 87.6 Å². The van der Waals surface area contributed by atoms with Crippen molar-refractivity contribution in [2.75, 3.05) is 12.0 Å². The van der Waals surface area contributed by atoms with Crippen LogP contribution in [0.2, 0.25) is 0 Å². The molecule has 0 saturated carbocycles. The smallest absolute Gasteiger partial charge is 0.275 e. The number of anilines is 1. The van der Waals surface area contributed by atoms with Crippen molar-refractivity contribution in [2.45, 2.75) is 53.4 Å². The summed E-state index contributed by atoms with van der Waals surface area (Å²) >= 11 is 0. The van der Waals surface area contributed by atoms with Crippen LogP contribution in [-0.4, -0.2) is 29.7 Å². The third-order valence-corrected chi connectivity index (χ3v) is 4.24. The average Bonchev–Trinajstić information content (AvgIpc) is 2.62. The molecule has 0 aromatic heterocycles. The second kappa shape index (κ2) is 11.2. The van der Waals surface area contributed by atoms with Crippen molar-refractivity contribution in [3.05, 3.63) is 29.8 Å². The number of Topliss-reactive ketones (excluding diaryl/α,β-unsaturated/α-hetero) is 2. The van der Waals surface area contributed by atoms with Crippen molar-refractivity contribution < 1.29 is 14.4 Å². The van der Waals surface area contributed by atoms with Gasteiger partial charge >= 0.3 is 0 Å². The van der Waals surface area contributed by atoms with Crippen LogP contribution in [0.25, 0.3) is 0 Å². The van der Waals surface area contributed by atoms with Crippen molar-refractivity contribution in [1.82, 2.24) is 5.32 Å². The Morgan fingerprint density at radius 2 is 1.81 bits per heavy atom. The molecule has 0 aliphatic rings. The number of carbonyl (C=O) groups excluding carboxylic acids is 3. The predicted octanol–water partition coefficient (Wildman–Crippen LogP) is 3.58. The van der Waals surface area contributed by atoms with E-state index in [9.17, 15) is 14.4 Å². The van der Waals surface area contributed by atoms with Crippen LogP contribution in [0, 0.1) is 5.92 Å². The van der Waals surface area contributed by atoms with E-state index in [1.165, 1.54) is 13.8 Å². The van der Waals surface area contributed by atoms with E-state index in [1.54, 1.807) is 24.3 Å². The minimum Gasteiger partial charge on any atom is -0.350 e. The van der Waals surface area contributed by atoms with Crippen molar-refractivity contribution in [2.24, 2.45) is 11.0 Å². The average molecular weight is 359 g/mol. The molecule has 0 saturated heterocycles. The molecule has 0 aliphatic heterocycles. The molecule has 0 radical (unpaired) electrons. The van der Waals surface area contributed by atoms with Gasteiger partial charge in [-0.3, -0.25) is 19.8 Å². The fourth-order valence-electron chi connectivity index (χ4n) is 2.56. The SMILES string of the molecule is CCCCC(CC)CNC(=O)/C(=N\Nc1ccccc1C(C)=O)C(C)=O. The Morgan fingerprint density at radius 1 is 1.12 bits per heavy atom. The number of amides is 1. The quantitative estimate of drug-likeness (QED) is 0.274. The number of rotatable bonds is 11. The summed E-state index contributed by atoms with van der Waals surface area (Å²) in [4.78, 5) is 35.8. The van der Waals surface area contributed by atoms with Crippen molar-refractivity contribution in [3.63, 3.8) is 0 Å². The van der Waals surface area contributed by atoms with Gasteiger partial charge in [0.25, 0.3) is 5.91 Å². The summed E-state index contributed by atoms with van der Waals surface area (Å²) in [6, 6.07) is 6.82. The molecule has 1 unspecified atom stereocenters. The number of hydrogen-bond donors (Lipinski definition) is 2. The van der Waals surface area contributed by atoms with E-state index in [0.29, 0.717) is 23.7 Å². The molecule has 0 fully saturated rings. The fraction of sp³-hybridized carbons (Fsp3) is 0.500. The van der Waals surface area contributed by atoms with Gasteiger partial charge in [0.2, 0.25) is 0 Å². The maximum Gasteiger partial charge on any atom is 0.275 e. The van der Waals surface area contributed by atoms with Crippen LogP contribution < -0.4 is 10.7 Å². The lowest BCUT2D eigenvalue weighted by Crippen LogP contribution is -2.38. The largest absolute Gasteiger partial charge is 0.350 e. The molecule has 6 nitrogen and oxygen atoms in total. The minimum atomic E-state index is -0.500. The zero-order chi connectivity index (χ0) is 19.5. The third-order valence-electron chi connectivity index (χ3n) is 4.24. The van der Waals surface area contributed by atoms with Gasteiger partial charge < -0.3 is 5.32 Å². The number of para-hydroxylation sites is 1. The second-order valence-electron chi connectivity index (χ2n) is 6.36. The van der Waals surface area contributed by atoms with Gasteiger partial charge in [-0.25, -0.2) is 0 Å². The molecule has 2 N–H and O–H groups in total. The fourth-order valence-corrected chi connectivity index (χ4v) is 2.56. The van der Waals surface area contributed by atoms with Crippen molar-refractivity contribution >= 4 is 28.9 Å².